The van der Waals surface area contributed by atoms with Gasteiger partial charge in [-0.3, -0.25) is 0 Å². The zero-order chi connectivity index (χ0) is 9.68. The summed E-state index contributed by atoms with van der Waals surface area (Å²) in [6, 6.07) is 5.47. The monoisotopic (exact) mass is 230 g/mol. The van der Waals surface area contributed by atoms with Crippen LogP contribution < -0.4 is 0 Å². The smallest absolute Gasteiger partial charge is 0.0556 e. The van der Waals surface area contributed by atoms with E-state index < -0.39 is 0 Å². The number of rotatable bonds is 3. The third-order valence-corrected chi connectivity index (χ3v) is 3.13. The molecule has 0 atom stereocenters. The van der Waals surface area contributed by atoms with E-state index >= 15 is 0 Å². The molecule has 0 aliphatic rings. The molecular formula is C10H8Cl2S. The van der Waals surface area contributed by atoms with Crippen molar-refractivity contribution in [1.82, 2.24) is 0 Å². The fourth-order valence-electron chi connectivity index (χ4n) is 0.812. The molecule has 3 heteroatoms. The predicted molar refractivity (Wildman–Crippen MR) is 60.6 cm³/mol. The summed E-state index contributed by atoms with van der Waals surface area (Å²) < 4.78 is 0. The summed E-state index contributed by atoms with van der Waals surface area (Å²) in [4.78, 5) is 1.03. The Balaban J connectivity index is 2.62. The van der Waals surface area contributed by atoms with E-state index in [0.29, 0.717) is 10.0 Å². The molecule has 0 aliphatic heterocycles. The van der Waals surface area contributed by atoms with Gasteiger partial charge in [-0.15, -0.1) is 24.1 Å². The second-order valence-electron chi connectivity index (χ2n) is 2.38. The Morgan fingerprint density at radius 2 is 2.15 bits per heavy atom. The standard InChI is InChI=1S/C10H8Cl2S/c1-2-3-6-13-10-5-4-8(11)7-9(10)12/h1,4-5,7H,3,6H2. The molecule has 1 aromatic carbocycles. The van der Waals surface area contributed by atoms with E-state index in [1.165, 1.54) is 0 Å². The van der Waals surface area contributed by atoms with Gasteiger partial charge in [0.1, 0.15) is 0 Å². The van der Waals surface area contributed by atoms with Gasteiger partial charge in [0.2, 0.25) is 0 Å². The number of hydrogen-bond donors (Lipinski definition) is 0. The number of terminal acetylenes is 1. The molecule has 0 radical (unpaired) electrons. The van der Waals surface area contributed by atoms with Crippen molar-refractivity contribution in [3.05, 3.63) is 28.2 Å². The number of hydrogen-bond acceptors (Lipinski definition) is 1. The van der Waals surface area contributed by atoms with Crippen molar-refractivity contribution < 1.29 is 0 Å². The van der Waals surface area contributed by atoms with Crippen LogP contribution in [0.15, 0.2) is 23.1 Å². The average molecular weight is 231 g/mol. The van der Waals surface area contributed by atoms with Crippen LogP contribution in [0.2, 0.25) is 10.0 Å². The molecule has 0 aromatic heterocycles. The average Bonchev–Trinajstić information content (AvgIpc) is 2.09. The highest BCUT2D eigenvalue weighted by Crippen LogP contribution is 2.29. The lowest BCUT2D eigenvalue weighted by Crippen LogP contribution is -1.78. The van der Waals surface area contributed by atoms with Gasteiger partial charge in [0.05, 0.1) is 5.02 Å². The maximum atomic E-state index is 5.95. The van der Waals surface area contributed by atoms with Crippen molar-refractivity contribution in [2.45, 2.75) is 11.3 Å². The quantitative estimate of drug-likeness (QED) is 0.428. The van der Waals surface area contributed by atoms with Gasteiger partial charge in [0.25, 0.3) is 0 Å². The first-order valence-electron chi connectivity index (χ1n) is 3.75. The van der Waals surface area contributed by atoms with Crippen LogP contribution in [-0.4, -0.2) is 5.75 Å². The number of benzene rings is 1. The first-order chi connectivity index (χ1) is 6.24. The van der Waals surface area contributed by atoms with E-state index in [4.69, 9.17) is 29.6 Å². The Morgan fingerprint density at radius 1 is 1.38 bits per heavy atom. The molecule has 0 amide bonds. The Bertz CT molecular complexity index is 328. The van der Waals surface area contributed by atoms with Gasteiger partial charge in [-0.1, -0.05) is 23.2 Å². The van der Waals surface area contributed by atoms with Gasteiger partial charge in [-0.2, -0.15) is 0 Å². The summed E-state index contributed by atoms with van der Waals surface area (Å²) in [6.45, 7) is 0. The minimum atomic E-state index is 0.659. The minimum Gasteiger partial charge on any atom is -0.124 e. The lowest BCUT2D eigenvalue weighted by Gasteiger charge is -2.02. The molecule has 0 heterocycles. The number of thioether (sulfide) groups is 1. The maximum Gasteiger partial charge on any atom is 0.0556 e. The molecule has 0 saturated heterocycles. The second-order valence-corrected chi connectivity index (χ2v) is 4.36. The van der Waals surface area contributed by atoms with E-state index in [1.54, 1.807) is 17.8 Å². The Labute approximate surface area is 92.6 Å². The van der Waals surface area contributed by atoms with Gasteiger partial charge >= 0.3 is 0 Å². The van der Waals surface area contributed by atoms with Crippen LogP contribution >= 0.6 is 35.0 Å². The topological polar surface area (TPSA) is 0 Å². The van der Waals surface area contributed by atoms with Crippen LogP contribution in [0.1, 0.15) is 6.42 Å². The van der Waals surface area contributed by atoms with Gasteiger partial charge in [0, 0.05) is 22.1 Å². The van der Waals surface area contributed by atoms with Crippen LogP contribution in [0.3, 0.4) is 0 Å². The Kier molecular flexibility index (Phi) is 4.52. The normalized spacial score (nSPS) is 9.62. The molecule has 0 spiro atoms. The lowest BCUT2D eigenvalue weighted by atomic mass is 10.4. The fourth-order valence-corrected chi connectivity index (χ4v) is 2.19. The highest BCUT2D eigenvalue weighted by Gasteiger charge is 2.00. The lowest BCUT2D eigenvalue weighted by molar-refractivity contribution is 1.29. The van der Waals surface area contributed by atoms with Crippen LogP contribution in [0.25, 0.3) is 0 Å². The van der Waals surface area contributed by atoms with Gasteiger partial charge < -0.3 is 0 Å². The van der Waals surface area contributed by atoms with E-state index in [9.17, 15) is 0 Å². The predicted octanol–water partition coefficient (Wildman–Crippen LogP) is 4.11. The van der Waals surface area contributed by atoms with Crippen molar-refractivity contribution in [3.63, 3.8) is 0 Å². The minimum absolute atomic E-state index is 0.659. The van der Waals surface area contributed by atoms with Gasteiger partial charge in [-0.05, 0) is 18.2 Å². The summed E-state index contributed by atoms with van der Waals surface area (Å²) in [5.41, 5.74) is 0. The highest BCUT2D eigenvalue weighted by atomic mass is 35.5. The zero-order valence-corrected chi connectivity index (χ0v) is 9.22. The van der Waals surface area contributed by atoms with Crippen molar-refractivity contribution in [2.24, 2.45) is 0 Å². The summed E-state index contributed by atoms with van der Waals surface area (Å²) in [7, 11) is 0. The molecule has 0 bridgehead atoms. The first-order valence-corrected chi connectivity index (χ1v) is 5.49. The van der Waals surface area contributed by atoms with E-state index in [-0.39, 0.29) is 0 Å². The molecule has 1 rings (SSSR count). The van der Waals surface area contributed by atoms with Gasteiger partial charge in [-0.25, -0.2) is 0 Å². The molecule has 0 nitrogen and oxygen atoms in total. The highest BCUT2D eigenvalue weighted by molar-refractivity contribution is 7.99. The van der Waals surface area contributed by atoms with Crippen molar-refractivity contribution in [1.29, 1.82) is 0 Å². The van der Waals surface area contributed by atoms with E-state index in [0.717, 1.165) is 17.1 Å². The molecular weight excluding hydrogens is 223 g/mol. The first kappa shape index (κ1) is 10.8. The molecule has 68 valence electrons. The Hall–Kier alpha value is -0.290. The number of halogens is 2. The summed E-state index contributed by atoms with van der Waals surface area (Å²) >= 11 is 13.4. The summed E-state index contributed by atoms with van der Waals surface area (Å²) in [5, 5.41) is 1.35. The summed E-state index contributed by atoms with van der Waals surface area (Å²) in [6.07, 6.45) is 5.89. The van der Waals surface area contributed by atoms with Gasteiger partial charge in [0.15, 0.2) is 0 Å². The molecule has 0 N–H and O–H groups in total. The van der Waals surface area contributed by atoms with Crippen LogP contribution in [-0.2, 0) is 0 Å². The molecule has 0 unspecified atom stereocenters. The summed E-state index contributed by atoms with van der Waals surface area (Å²) in [5.74, 6) is 3.47. The Morgan fingerprint density at radius 3 is 2.77 bits per heavy atom. The van der Waals surface area contributed by atoms with Crippen molar-refractivity contribution in [2.75, 3.05) is 5.75 Å². The van der Waals surface area contributed by atoms with Crippen LogP contribution in [0, 0.1) is 12.3 Å². The second kappa shape index (κ2) is 5.44. The molecule has 1 aromatic rings. The zero-order valence-electron chi connectivity index (χ0n) is 6.89. The molecule has 13 heavy (non-hydrogen) atoms. The molecule has 0 aliphatic carbocycles. The van der Waals surface area contributed by atoms with E-state index in [1.807, 2.05) is 12.1 Å². The SMILES string of the molecule is C#CCCSc1ccc(Cl)cc1Cl. The fraction of sp³-hybridized carbons (Fsp3) is 0.200. The largest absolute Gasteiger partial charge is 0.124 e. The van der Waals surface area contributed by atoms with Crippen LogP contribution in [0.4, 0.5) is 0 Å². The third-order valence-electron chi connectivity index (χ3n) is 1.40. The third kappa shape index (κ3) is 3.52. The van der Waals surface area contributed by atoms with Crippen LogP contribution in [0.5, 0.6) is 0 Å². The molecule has 0 saturated carbocycles. The van der Waals surface area contributed by atoms with Crippen molar-refractivity contribution >= 4 is 35.0 Å². The molecule has 0 fully saturated rings. The van der Waals surface area contributed by atoms with E-state index in [2.05, 4.69) is 5.92 Å². The maximum absolute atomic E-state index is 5.95. The van der Waals surface area contributed by atoms with Crippen molar-refractivity contribution in [3.8, 4) is 12.3 Å².